The Balaban J connectivity index is 1.78. The topological polar surface area (TPSA) is 67.4 Å². The molecule has 0 spiro atoms. The maximum Gasteiger partial charge on any atom is 0.274 e. The van der Waals surface area contributed by atoms with Gasteiger partial charge < -0.3 is 15.0 Å². The quantitative estimate of drug-likeness (QED) is 0.935. The normalized spacial score (nSPS) is 14.7. The summed E-state index contributed by atoms with van der Waals surface area (Å²) in [5, 5.41) is 2.97. The predicted octanol–water partition coefficient (Wildman–Crippen LogP) is 2.69. The van der Waals surface area contributed by atoms with Crippen molar-refractivity contribution in [3.05, 3.63) is 47.9 Å². The highest BCUT2D eigenvalue weighted by Crippen LogP contribution is 2.24. The van der Waals surface area contributed by atoms with E-state index in [1.54, 1.807) is 6.07 Å². The van der Waals surface area contributed by atoms with Crippen molar-refractivity contribution in [1.82, 2.24) is 9.97 Å². The van der Waals surface area contributed by atoms with Crippen molar-refractivity contribution >= 4 is 17.4 Å². The third kappa shape index (κ3) is 3.71. The third-order valence-electron chi connectivity index (χ3n) is 4.05. The summed E-state index contributed by atoms with van der Waals surface area (Å²) in [4.78, 5) is 23.1. The monoisotopic (exact) mass is 326 g/mol. The minimum atomic E-state index is -0.222. The molecule has 1 aromatic carbocycles. The maximum atomic E-state index is 12.6. The molecule has 1 amide bonds. The molecule has 2 heterocycles. The third-order valence-corrected chi connectivity index (χ3v) is 4.05. The van der Waals surface area contributed by atoms with Crippen molar-refractivity contribution in [2.24, 2.45) is 0 Å². The number of morpholine rings is 1. The van der Waals surface area contributed by atoms with Gasteiger partial charge in [-0.15, -0.1) is 0 Å². The molecule has 1 fully saturated rings. The van der Waals surface area contributed by atoms with Crippen LogP contribution >= 0.6 is 0 Å². The van der Waals surface area contributed by atoms with Gasteiger partial charge in [-0.2, -0.15) is 0 Å². The first-order chi connectivity index (χ1) is 11.6. The van der Waals surface area contributed by atoms with E-state index in [-0.39, 0.29) is 5.91 Å². The number of anilines is 2. The van der Waals surface area contributed by atoms with E-state index < -0.39 is 0 Å². The Labute approximate surface area is 141 Å². The number of aromatic nitrogens is 2. The smallest absolute Gasteiger partial charge is 0.274 e. The minimum absolute atomic E-state index is 0.222. The number of amides is 1. The molecule has 1 aromatic heterocycles. The molecule has 3 rings (SSSR count). The SMILES string of the molecule is CC(C)c1ccccc1NC(=O)c1cc(N2CCOCC2)ncn1. The Bertz CT molecular complexity index is 712. The average Bonchev–Trinajstić information content (AvgIpc) is 2.63. The molecule has 1 aliphatic rings. The van der Waals surface area contributed by atoms with E-state index in [9.17, 15) is 4.79 Å². The van der Waals surface area contributed by atoms with Crippen LogP contribution < -0.4 is 10.2 Å². The number of hydrogen-bond donors (Lipinski definition) is 1. The molecule has 0 bridgehead atoms. The highest BCUT2D eigenvalue weighted by molar-refractivity contribution is 6.03. The molecule has 126 valence electrons. The van der Waals surface area contributed by atoms with Gasteiger partial charge in [0.2, 0.25) is 0 Å². The first-order valence-corrected chi connectivity index (χ1v) is 8.20. The first-order valence-electron chi connectivity index (χ1n) is 8.20. The van der Waals surface area contributed by atoms with Crippen LogP contribution in [0.25, 0.3) is 0 Å². The fraction of sp³-hybridized carbons (Fsp3) is 0.389. The number of nitrogens with zero attached hydrogens (tertiary/aromatic N) is 3. The number of rotatable bonds is 4. The molecule has 0 radical (unpaired) electrons. The Morgan fingerprint density at radius 1 is 1.21 bits per heavy atom. The number of para-hydroxylation sites is 1. The van der Waals surface area contributed by atoms with E-state index in [4.69, 9.17) is 4.74 Å². The van der Waals surface area contributed by atoms with Crippen LogP contribution in [-0.2, 0) is 4.74 Å². The van der Waals surface area contributed by atoms with Gasteiger partial charge in [0.25, 0.3) is 5.91 Å². The van der Waals surface area contributed by atoms with Crippen LogP contribution in [0.4, 0.5) is 11.5 Å². The number of carbonyl (C=O) groups is 1. The van der Waals surface area contributed by atoms with Crippen molar-refractivity contribution in [2.75, 3.05) is 36.5 Å². The van der Waals surface area contributed by atoms with Crippen LogP contribution in [0.2, 0.25) is 0 Å². The zero-order valence-electron chi connectivity index (χ0n) is 14.0. The summed E-state index contributed by atoms with van der Waals surface area (Å²) < 4.78 is 5.35. The fourth-order valence-corrected chi connectivity index (χ4v) is 2.74. The van der Waals surface area contributed by atoms with E-state index >= 15 is 0 Å². The standard InChI is InChI=1S/C18H22N4O2/c1-13(2)14-5-3-4-6-15(14)21-18(23)16-11-17(20-12-19-16)22-7-9-24-10-8-22/h3-6,11-13H,7-10H2,1-2H3,(H,21,23). The molecule has 1 saturated heterocycles. The van der Waals surface area contributed by atoms with Gasteiger partial charge in [0.05, 0.1) is 13.2 Å². The first kappa shape index (κ1) is 16.4. The van der Waals surface area contributed by atoms with Gasteiger partial charge in [-0.05, 0) is 17.5 Å². The lowest BCUT2D eigenvalue weighted by molar-refractivity contribution is 0.102. The van der Waals surface area contributed by atoms with Gasteiger partial charge in [-0.25, -0.2) is 9.97 Å². The Morgan fingerprint density at radius 3 is 2.71 bits per heavy atom. The van der Waals surface area contributed by atoms with Gasteiger partial charge in [0.1, 0.15) is 17.8 Å². The zero-order chi connectivity index (χ0) is 16.9. The number of ether oxygens (including phenoxy) is 1. The van der Waals surface area contributed by atoms with Gasteiger partial charge >= 0.3 is 0 Å². The van der Waals surface area contributed by atoms with Gasteiger partial charge in [0, 0.05) is 24.8 Å². The van der Waals surface area contributed by atoms with Crippen LogP contribution in [0.15, 0.2) is 36.7 Å². The second-order valence-electron chi connectivity index (χ2n) is 6.06. The zero-order valence-corrected chi connectivity index (χ0v) is 14.0. The summed E-state index contributed by atoms with van der Waals surface area (Å²) >= 11 is 0. The molecule has 6 heteroatoms. The maximum absolute atomic E-state index is 12.6. The van der Waals surface area contributed by atoms with Crippen molar-refractivity contribution in [3.8, 4) is 0 Å². The van der Waals surface area contributed by atoms with E-state index in [1.165, 1.54) is 6.33 Å². The van der Waals surface area contributed by atoms with Crippen molar-refractivity contribution in [3.63, 3.8) is 0 Å². The van der Waals surface area contributed by atoms with Crippen LogP contribution in [0.1, 0.15) is 35.8 Å². The molecule has 1 aliphatic heterocycles. The second kappa shape index (κ2) is 7.40. The number of carbonyl (C=O) groups excluding carboxylic acids is 1. The molecule has 0 atom stereocenters. The van der Waals surface area contributed by atoms with E-state index in [0.29, 0.717) is 24.8 Å². The lowest BCUT2D eigenvalue weighted by Crippen LogP contribution is -2.37. The summed E-state index contributed by atoms with van der Waals surface area (Å²) in [5.41, 5.74) is 2.29. The molecule has 1 N–H and O–H groups in total. The van der Waals surface area contributed by atoms with Gasteiger partial charge in [-0.1, -0.05) is 32.0 Å². The predicted molar refractivity (Wildman–Crippen MR) is 93.5 cm³/mol. The number of hydrogen-bond acceptors (Lipinski definition) is 5. The molecule has 6 nitrogen and oxygen atoms in total. The van der Waals surface area contributed by atoms with Crippen LogP contribution in [0, 0.1) is 0 Å². The molecule has 24 heavy (non-hydrogen) atoms. The van der Waals surface area contributed by atoms with Crippen molar-refractivity contribution < 1.29 is 9.53 Å². The van der Waals surface area contributed by atoms with E-state index in [1.807, 2.05) is 24.3 Å². The van der Waals surface area contributed by atoms with Crippen LogP contribution in [0.3, 0.4) is 0 Å². The van der Waals surface area contributed by atoms with Gasteiger partial charge in [0.15, 0.2) is 0 Å². The molecule has 0 unspecified atom stereocenters. The number of nitrogens with one attached hydrogen (secondary N) is 1. The van der Waals surface area contributed by atoms with Gasteiger partial charge in [-0.3, -0.25) is 4.79 Å². The molecule has 0 saturated carbocycles. The lowest BCUT2D eigenvalue weighted by atomic mass is 10.0. The number of benzene rings is 1. The molecular formula is C18H22N4O2. The van der Waals surface area contributed by atoms with Crippen molar-refractivity contribution in [2.45, 2.75) is 19.8 Å². The Kier molecular flexibility index (Phi) is 5.05. The summed E-state index contributed by atoms with van der Waals surface area (Å²) in [7, 11) is 0. The summed E-state index contributed by atoms with van der Waals surface area (Å²) in [6.45, 7) is 7.10. The highest BCUT2D eigenvalue weighted by atomic mass is 16.5. The summed E-state index contributed by atoms with van der Waals surface area (Å²) in [6, 6.07) is 9.57. The fourth-order valence-electron chi connectivity index (χ4n) is 2.74. The van der Waals surface area contributed by atoms with Crippen molar-refractivity contribution in [1.29, 1.82) is 0 Å². The lowest BCUT2D eigenvalue weighted by Gasteiger charge is -2.27. The summed E-state index contributed by atoms with van der Waals surface area (Å²) in [5.74, 6) is 0.867. The van der Waals surface area contributed by atoms with E-state index in [0.717, 1.165) is 30.2 Å². The average molecular weight is 326 g/mol. The Hall–Kier alpha value is -2.47. The highest BCUT2D eigenvalue weighted by Gasteiger charge is 2.16. The molecule has 0 aliphatic carbocycles. The molecular weight excluding hydrogens is 304 g/mol. The Morgan fingerprint density at radius 2 is 1.96 bits per heavy atom. The minimum Gasteiger partial charge on any atom is -0.378 e. The van der Waals surface area contributed by atoms with Crippen LogP contribution in [0.5, 0.6) is 0 Å². The molecule has 2 aromatic rings. The van der Waals surface area contributed by atoms with E-state index in [2.05, 4.69) is 34.0 Å². The second-order valence-corrected chi connectivity index (χ2v) is 6.06. The van der Waals surface area contributed by atoms with Crippen LogP contribution in [-0.4, -0.2) is 42.2 Å². The largest absolute Gasteiger partial charge is 0.378 e. The summed E-state index contributed by atoms with van der Waals surface area (Å²) in [6.07, 6.45) is 1.44.